The minimum atomic E-state index is -0.0469. The summed E-state index contributed by atoms with van der Waals surface area (Å²) in [5.74, 6) is 0. The third-order valence-electron chi connectivity index (χ3n) is 5.22. The van der Waals surface area contributed by atoms with Crippen molar-refractivity contribution in [3.8, 4) is 0 Å². The van der Waals surface area contributed by atoms with Crippen LogP contribution in [0.1, 0.15) is 25.7 Å². The Morgan fingerprint density at radius 2 is 2.09 bits per heavy atom. The molecule has 2 aromatic heterocycles. The summed E-state index contributed by atoms with van der Waals surface area (Å²) in [5.41, 5.74) is 0.671. The summed E-state index contributed by atoms with van der Waals surface area (Å²) < 4.78 is 3.19. The van der Waals surface area contributed by atoms with Gasteiger partial charge in [0.15, 0.2) is 5.65 Å². The Balaban J connectivity index is 1.43. The molecule has 0 radical (unpaired) electrons. The monoisotopic (exact) mass is 301 g/mol. The van der Waals surface area contributed by atoms with E-state index in [1.165, 1.54) is 25.7 Å². The highest BCUT2D eigenvalue weighted by molar-refractivity contribution is 5.35. The molecule has 2 aliphatic heterocycles. The van der Waals surface area contributed by atoms with Crippen molar-refractivity contribution >= 4 is 5.65 Å². The van der Waals surface area contributed by atoms with Crippen LogP contribution in [0, 0.1) is 0 Å². The van der Waals surface area contributed by atoms with Crippen molar-refractivity contribution in [3.05, 3.63) is 34.9 Å². The van der Waals surface area contributed by atoms with E-state index in [1.807, 2.05) is 18.2 Å². The fourth-order valence-electron chi connectivity index (χ4n) is 3.94. The number of hydrogen-bond donors (Lipinski definition) is 1. The summed E-state index contributed by atoms with van der Waals surface area (Å²) in [4.78, 5) is 14.7. The predicted octanol–water partition coefficient (Wildman–Crippen LogP) is 0.711. The number of rotatable bonds is 4. The Bertz CT molecular complexity index is 709. The molecule has 2 atom stereocenters. The van der Waals surface area contributed by atoms with Gasteiger partial charge in [-0.25, -0.2) is 9.48 Å². The lowest BCUT2D eigenvalue weighted by molar-refractivity contribution is 0.165. The zero-order valence-corrected chi connectivity index (χ0v) is 13.0. The Morgan fingerprint density at radius 3 is 2.82 bits per heavy atom. The molecule has 2 saturated heterocycles. The van der Waals surface area contributed by atoms with Gasteiger partial charge in [-0.2, -0.15) is 0 Å². The zero-order chi connectivity index (χ0) is 15.1. The molecule has 0 saturated carbocycles. The van der Waals surface area contributed by atoms with E-state index < -0.39 is 0 Å². The summed E-state index contributed by atoms with van der Waals surface area (Å²) in [6, 6.07) is 7.66. The first-order valence-corrected chi connectivity index (χ1v) is 8.21. The van der Waals surface area contributed by atoms with Crippen molar-refractivity contribution in [1.29, 1.82) is 0 Å². The van der Waals surface area contributed by atoms with Crippen molar-refractivity contribution < 1.29 is 0 Å². The summed E-state index contributed by atoms with van der Waals surface area (Å²) in [6.45, 7) is 1.52. The number of aromatic nitrogens is 3. The molecule has 6 nitrogen and oxygen atoms in total. The van der Waals surface area contributed by atoms with E-state index in [4.69, 9.17) is 0 Å². The first-order chi connectivity index (χ1) is 10.7. The number of pyridine rings is 1. The van der Waals surface area contributed by atoms with Crippen LogP contribution in [0.2, 0.25) is 0 Å². The SMILES string of the molecule is CN(CCn1nc2ccccn2c1=O)C1CC2CCC(C1)N2. The van der Waals surface area contributed by atoms with E-state index >= 15 is 0 Å². The quantitative estimate of drug-likeness (QED) is 0.904. The highest BCUT2D eigenvalue weighted by Crippen LogP contribution is 2.29. The van der Waals surface area contributed by atoms with Gasteiger partial charge in [0, 0.05) is 30.9 Å². The van der Waals surface area contributed by atoms with E-state index in [1.54, 1.807) is 15.3 Å². The third kappa shape index (κ3) is 2.46. The van der Waals surface area contributed by atoms with Crippen LogP contribution in [-0.2, 0) is 6.54 Å². The van der Waals surface area contributed by atoms with Gasteiger partial charge < -0.3 is 10.2 Å². The van der Waals surface area contributed by atoms with Crippen molar-refractivity contribution in [2.75, 3.05) is 13.6 Å². The smallest absolute Gasteiger partial charge is 0.311 e. The van der Waals surface area contributed by atoms with Gasteiger partial charge in [0.2, 0.25) is 0 Å². The highest BCUT2D eigenvalue weighted by atomic mass is 16.2. The summed E-state index contributed by atoms with van der Waals surface area (Å²) in [6.07, 6.45) is 6.87. The largest absolute Gasteiger partial charge is 0.350 e. The van der Waals surface area contributed by atoms with Crippen LogP contribution < -0.4 is 11.0 Å². The molecule has 2 bridgehead atoms. The average molecular weight is 301 g/mol. The van der Waals surface area contributed by atoms with Gasteiger partial charge in [0.05, 0.1) is 6.54 Å². The number of nitrogens with zero attached hydrogens (tertiary/aromatic N) is 4. The first-order valence-electron chi connectivity index (χ1n) is 8.21. The number of piperidine rings is 1. The lowest BCUT2D eigenvalue weighted by Gasteiger charge is -2.35. The second kappa shape index (κ2) is 5.52. The van der Waals surface area contributed by atoms with Crippen molar-refractivity contribution in [3.63, 3.8) is 0 Å². The van der Waals surface area contributed by atoms with E-state index in [2.05, 4.69) is 22.4 Å². The molecule has 22 heavy (non-hydrogen) atoms. The molecule has 0 aliphatic carbocycles. The molecule has 118 valence electrons. The molecule has 2 fully saturated rings. The maximum Gasteiger partial charge on any atom is 0.350 e. The van der Waals surface area contributed by atoms with Crippen molar-refractivity contribution in [2.24, 2.45) is 0 Å². The Hall–Kier alpha value is -1.66. The zero-order valence-electron chi connectivity index (χ0n) is 13.0. The average Bonchev–Trinajstić information content (AvgIpc) is 3.05. The first kappa shape index (κ1) is 14.0. The van der Waals surface area contributed by atoms with E-state index in [-0.39, 0.29) is 5.69 Å². The number of fused-ring (bicyclic) bond motifs is 3. The van der Waals surface area contributed by atoms with Gasteiger partial charge in [0.1, 0.15) is 0 Å². The van der Waals surface area contributed by atoms with Gasteiger partial charge in [-0.15, -0.1) is 5.10 Å². The fraction of sp³-hybridized carbons (Fsp3) is 0.625. The van der Waals surface area contributed by atoms with Crippen molar-refractivity contribution in [1.82, 2.24) is 24.4 Å². The number of nitrogens with one attached hydrogen (secondary N) is 1. The molecule has 2 aliphatic rings. The summed E-state index contributed by atoms with van der Waals surface area (Å²) >= 11 is 0. The fourth-order valence-corrected chi connectivity index (χ4v) is 3.94. The molecule has 2 aromatic rings. The molecule has 6 heteroatoms. The van der Waals surface area contributed by atoms with Crippen LogP contribution in [0.25, 0.3) is 5.65 Å². The molecular weight excluding hydrogens is 278 g/mol. The minimum absolute atomic E-state index is 0.0469. The molecule has 4 heterocycles. The standard InChI is InChI=1S/C16H23N5O/c1-19(14-10-12-5-6-13(11-14)17-12)8-9-21-16(22)20-7-3-2-4-15(20)18-21/h2-4,7,12-14,17H,5-6,8-11H2,1H3. The van der Waals surface area contributed by atoms with E-state index in [9.17, 15) is 4.79 Å². The third-order valence-corrected chi connectivity index (χ3v) is 5.22. The predicted molar refractivity (Wildman–Crippen MR) is 85.0 cm³/mol. The van der Waals surface area contributed by atoms with Crippen LogP contribution in [-0.4, -0.2) is 50.8 Å². The van der Waals surface area contributed by atoms with Crippen LogP contribution in [0.3, 0.4) is 0 Å². The molecular formula is C16H23N5O. The molecule has 0 aromatic carbocycles. The molecule has 2 unspecified atom stereocenters. The topological polar surface area (TPSA) is 54.6 Å². The Labute approximate surface area is 129 Å². The van der Waals surface area contributed by atoms with Crippen LogP contribution in [0.4, 0.5) is 0 Å². The molecule has 0 amide bonds. The Morgan fingerprint density at radius 1 is 1.32 bits per heavy atom. The maximum atomic E-state index is 12.3. The normalized spacial score (nSPS) is 27.8. The molecule has 0 spiro atoms. The second-order valence-electron chi connectivity index (χ2n) is 6.68. The Kier molecular flexibility index (Phi) is 3.50. The lowest BCUT2D eigenvalue weighted by Crippen LogP contribution is -2.47. The van der Waals surface area contributed by atoms with Crippen LogP contribution in [0.15, 0.2) is 29.2 Å². The van der Waals surface area contributed by atoms with E-state index in [0.29, 0.717) is 24.7 Å². The lowest BCUT2D eigenvalue weighted by atomic mass is 9.98. The van der Waals surface area contributed by atoms with Crippen LogP contribution in [0.5, 0.6) is 0 Å². The van der Waals surface area contributed by atoms with Gasteiger partial charge in [-0.3, -0.25) is 4.40 Å². The summed E-state index contributed by atoms with van der Waals surface area (Å²) in [7, 11) is 2.18. The summed E-state index contributed by atoms with van der Waals surface area (Å²) in [5, 5.41) is 8.08. The van der Waals surface area contributed by atoms with Crippen molar-refractivity contribution in [2.45, 2.75) is 50.4 Å². The van der Waals surface area contributed by atoms with Gasteiger partial charge in [-0.1, -0.05) is 6.07 Å². The second-order valence-corrected chi connectivity index (χ2v) is 6.68. The van der Waals surface area contributed by atoms with Gasteiger partial charge in [0.25, 0.3) is 0 Å². The molecule has 1 N–H and O–H groups in total. The van der Waals surface area contributed by atoms with Crippen LogP contribution >= 0.6 is 0 Å². The van der Waals surface area contributed by atoms with Gasteiger partial charge >= 0.3 is 5.69 Å². The maximum absolute atomic E-state index is 12.3. The highest BCUT2D eigenvalue weighted by Gasteiger charge is 2.34. The minimum Gasteiger partial charge on any atom is -0.311 e. The van der Waals surface area contributed by atoms with Gasteiger partial charge in [-0.05, 0) is 44.9 Å². The number of likely N-dealkylation sites (N-methyl/N-ethyl adjacent to an activating group) is 1. The molecule has 4 rings (SSSR count). The number of hydrogen-bond acceptors (Lipinski definition) is 4. The van der Waals surface area contributed by atoms with E-state index in [0.717, 1.165) is 12.2 Å².